The number of nitrogens with zero attached hydrogens (tertiary/aromatic N) is 1. The number of carbonyl (C=O) groups excluding carboxylic acids is 1. The van der Waals surface area contributed by atoms with Gasteiger partial charge in [-0.25, -0.2) is 4.98 Å². The summed E-state index contributed by atoms with van der Waals surface area (Å²) in [6.07, 6.45) is 3.69. The molecule has 4 heteroatoms. The number of amides is 1. The smallest absolute Gasteiger partial charge is 0.227 e. The molecule has 1 fully saturated rings. The van der Waals surface area contributed by atoms with Crippen molar-refractivity contribution in [2.24, 2.45) is 11.8 Å². The van der Waals surface area contributed by atoms with Crippen molar-refractivity contribution < 1.29 is 4.79 Å². The van der Waals surface area contributed by atoms with Crippen LogP contribution in [0.5, 0.6) is 0 Å². The fourth-order valence-corrected chi connectivity index (χ4v) is 2.21. The quantitative estimate of drug-likeness (QED) is 0.839. The van der Waals surface area contributed by atoms with Gasteiger partial charge in [-0.15, -0.1) is 0 Å². The van der Waals surface area contributed by atoms with Gasteiger partial charge in [0.05, 0.1) is 0 Å². The second-order valence-corrected chi connectivity index (χ2v) is 4.94. The summed E-state index contributed by atoms with van der Waals surface area (Å²) in [5, 5.41) is 2.90. The maximum atomic E-state index is 11.7. The summed E-state index contributed by atoms with van der Waals surface area (Å²) in [5.41, 5.74) is 0.807. The van der Waals surface area contributed by atoms with Crippen molar-refractivity contribution >= 4 is 27.5 Å². The van der Waals surface area contributed by atoms with Crippen LogP contribution in [-0.4, -0.2) is 10.9 Å². The predicted molar refractivity (Wildman–Crippen MR) is 62.5 cm³/mol. The zero-order chi connectivity index (χ0) is 10.8. The number of hydrogen-bond acceptors (Lipinski definition) is 2. The molecule has 1 heterocycles. The first-order valence-corrected chi connectivity index (χ1v) is 5.87. The number of hydrogen-bond donors (Lipinski definition) is 1. The summed E-state index contributed by atoms with van der Waals surface area (Å²) >= 11 is 3.27. The first-order chi connectivity index (χ1) is 7.15. The molecule has 0 aromatic carbocycles. The van der Waals surface area contributed by atoms with E-state index in [0.29, 0.717) is 5.92 Å². The highest BCUT2D eigenvalue weighted by molar-refractivity contribution is 9.10. The largest absolute Gasteiger partial charge is 0.326 e. The Hall–Kier alpha value is -0.900. The minimum Gasteiger partial charge on any atom is -0.326 e. The van der Waals surface area contributed by atoms with Crippen molar-refractivity contribution in [3.05, 3.63) is 22.9 Å². The number of pyridine rings is 1. The van der Waals surface area contributed by atoms with Gasteiger partial charge in [-0.1, -0.05) is 6.92 Å². The molecule has 0 bridgehead atoms. The topological polar surface area (TPSA) is 42.0 Å². The van der Waals surface area contributed by atoms with Crippen LogP contribution < -0.4 is 5.32 Å². The molecular formula is C11H13BrN2O. The lowest BCUT2D eigenvalue weighted by Gasteiger charge is -2.31. The Morgan fingerprint density at radius 3 is 2.93 bits per heavy atom. The van der Waals surface area contributed by atoms with E-state index in [1.54, 1.807) is 18.3 Å². The van der Waals surface area contributed by atoms with E-state index in [-0.39, 0.29) is 11.8 Å². The van der Waals surface area contributed by atoms with E-state index in [1.165, 1.54) is 0 Å². The van der Waals surface area contributed by atoms with Crippen LogP contribution in [0.15, 0.2) is 22.9 Å². The molecular weight excluding hydrogens is 256 g/mol. The summed E-state index contributed by atoms with van der Waals surface area (Å²) in [5.74, 6) is 1.03. The Kier molecular flexibility index (Phi) is 3.05. The molecule has 0 radical (unpaired) electrons. The van der Waals surface area contributed by atoms with Crippen molar-refractivity contribution in [2.75, 3.05) is 5.32 Å². The van der Waals surface area contributed by atoms with E-state index in [1.807, 2.05) is 0 Å². The number of aromatic nitrogens is 1. The Bertz CT molecular complexity index is 375. The fourth-order valence-electron chi connectivity index (χ4n) is 1.84. The van der Waals surface area contributed by atoms with Gasteiger partial charge in [-0.2, -0.15) is 0 Å². The molecule has 1 aromatic heterocycles. The molecule has 1 aliphatic rings. The highest BCUT2D eigenvalue weighted by atomic mass is 79.9. The van der Waals surface area contributed by atoms with Crippen LogP contribution in [0.3, 0.4) is 0 Å². The average Bonchev–Trinajstić information content (AvgIpc) is 2.13. The van der Waals surface area contributed by atoms with Gasteiger partial charge in [-0.3, -0.25) is 4.79 Å². The zero-order valence-corrected chi connectivity index (χ0v) is 10.1. The fraction of sp³-hybridized carbons (Fsp3) is 0.455. The minimum atomic E-state index is 0.131. The van der Waals surface area contributed by atoms with Gasteiger partial charge in [0.25, 0.3) is 0 Å². The molecule has 1 aliphatic carbocycles. The lowest BCUT2D eigenvalue weighted by molar-refractivity contribution is -0.123. The average molecular weight is 269 g/mol. The van der Waals surface area contributed by atoms with Crippen LogP contribution in [0, 0.1) is 11.8 Å². The van der Waals surface area contributed by atoms with Gasteiger partial charge in [0.2, 0.25) is 5.91 Å². The van der Waals surface area contributed by atoms with Gasteiger partial charge in [0.15, 0.2) is 0 Å². The predicted octanol–water partition coefficient (Wildman–Crippen LogP) is 2.83. The van der Waals surface area contributed by atoms with Crippen molar-refractivity contribution in [1.29, 1.82) is 0 Å². The van der Waals surface area contributed by atoms with Crippen LogP contribution in [0.1, 0.15) is 19.8 Å². The molecule has 80 valence electrons. The monoisotopic (exact) mass is 268 g/mol. The Morgan fingerprint density at radius 1 is 1.60 bits per heavy atom. The molecule has 15 heavy (non-hydrogen) atoms. The van der Waals surface area contributed by atoms with Crippen LogP contribution in [0.2, 0.25) is 0 Å². The van der Waals surface area contributed by atoms with E-state index in [9.17, 15) is 4.79 Å². The molecule has 1 N–H and O–H groups in total. The van der Waals surface area contributed by atoms with Crippen LogP contribution in [0.4, 0.5) is 5.69 Å². The SMILES string of the molecule is CC1CC(C(=O)Nc2ccnc(Br)c2)C1. The third-order valence-electron chi connectivity index (χ3n) is 2.74. The zero-order valence-electron chi connectivity index (χ0n) is 8.53. The Balaban J connectivity index is 1.94. The summed E-state index contributed by atoms with van der Waals surface area (Å²) in [6.45, 7) is 2.17. The van der Waals surface area contributed by atoms with E-state index < -0.39 is 0 Å². The maximum Gasteiger partial charge on any atom is 0.227 e. The molecule has 0 atom stereocenters. The number of halogens is 1. The van der Waals surface area contributed by atoms with Gasteiger partial charge in [-0.05, 0) is 46.8 Å². The Labute approximate surface area is 97.4 Å². The van der Waals surface area contributed by atoms with Crippen molar-refractivity contribution in [2.45, 2.75) is 19.8 Å². The molecule has 2 rings (SSSR count). The van der Waals surface area contributed by atoms with E-state index in [4.69, 9.17) is 0 Å². The van der Waals surface area contributed by atoms with Crippen LogP contribution in [-0.2, 0) is 4.79 Å². The first-order valence-electron chi connectivity index (χ1n) is 5.07. The van der Waals surface area contributed by atoms with Gasteiger partial charge in [0, 0.05) is 17.8 Å². The number of carbonyl (C=O) groups is 1. The second-order valence-electron chi connectivity index (χ2n) is 4.13. The van der Waals surface area contributed by atoms with Crippen LogP contribution >= 0.6 is 15.9 Å². The molecule has 3 nitrogen and oxygen atoms in total. The van der Waals surface area contributed by atoms with Crippen molar-refractivity contribution in [3.8, 4) is 0 Å². The molecule has 0 spiro atoms. The van der Waals surface area contributed by atoms with Gasteiger partial charge < -0.3 is 5.32 Å². The highest BCUT2D eigenvalue weighted by Gasteiger charge is 2.31. The second kappa shape index (κ2) is 4.31. The lowest BCUT2D eigenvalue weighted by atomic mass is 9.75. The molecule has 1 aromatic rings. The van der Waals surface area contributed by atoms with Gasteiger partial charge in [0.1, 0.15) is 4.60 Å². The molecule has 0 aliphatic heterocycles. The molecule has 0 saturated heterocycles. The highest BCUT2D eigenvalue weighted by Crippen LogP contribution is 2.33. The summed E-state index contributed by atoms with van der Waals surface area (Å²) in [4.78, 5) is 15.7. The Morgan fingerprint density at radius 2 is 2.33 bits per heavy atom. The number of anilines is 1. The van der Waals surface area contributed by atoms with Crippen molar-refractivity contribution in [3.63, 3.8) is 0 Å². The van der Waals surface area contributed by atoms with E-state index in [0.717, 1.165) is 23.1 Å². The minimum absolute atomic E-state index is 0.131. The standard InChI is InChI=1S/C11H13BrN2O/c1-7-4-8(5-7)11(15)14-9-2-3-13-10(12)6-9/h2-3,6-8H,4-5H2,1H3,(H,13,14,15). The summed E-state index contributed by atoms with van der Waals surface area (Å²) in [7, 11) is 0. The maximum absolute atomic E-state index is 11.7. The van der Waals surface area contributed by atoms with E-state index in [2.05, 4.69) is 33.2 Å². The third kappa shape index (κ3) is 2.56. The normalized spacial score (nSPS) is 24.4. The van der Waals surface area contributed by atoms with Crippen molar-refractivity contribution in [1.82, 2.24) is 4.98 Å². The number of rotatable bonds is 2. The molecule has 1 saturated carbocycles. The number of nitrogens with one attached hydrogen (secondary N) is 1. The lowest BCUT2D eigenvalue weighted by Crippen LogP contribution is -2.33. The van der Waals surface area contributed by atoms with Crippen LogP contribution in [0.25, 0.3) is 0 Å². The van der Waals surface area contributed by atoms with Gasteiger partial charge >= 0.3 is 0 Å². The summed E-state index contributed by atoms with van der Waals surface area (Å²) < 4.78 is 0.738. The molecule has 1 amide bonds. The first kappa shape index (κ1) is 10.6. The third-order valence-corrected chi connectivity index (χ3v) is 3.17. The van der Waals surface area contributed by atoms with E-state index >= 15 is 0 Å². The summed E-state index contributed by atoms with van der Waals surface area (Å²) in [6, 6.07) is 3.60. The molecule has 0 unspecified atom stereocenters.